The van der Waals surface area contributed by atoms with Crippen molar-refractivity contribution in [1.29, 1.82) is 0 Å². The molecule has 0 radical (unpaired) electrons. The summed E-state index contributed by atoms with van der Waals surface area (Å²) in [4.78, 5) is 0. The first-order valence-corrected chi connectivity index (χ1v) is 6.10. The van der Waals surface area contributed by atoms with Crippen LogP contribution in [0.1, 0.15) is 23.6 Å². The number of hydrogen-bond acceptors (Lipinski definition) is 3. The summed E-state index contributed by atoms with van der Waals surface area (Å²) in [6, 6.07) is 13.6. The van der Waals surface area contributed by atoms with Gasteiger partial charge in [0, 0.05) is 17.5 Å². The van der Waals surface area contributed by atoms with Gasteiger partial charge < -0.3 is 10.5 Å². The lowest BCUT2D eigenvalue weighted by Gasteiger charge is -2.11. The molecule has 0 bridgehead atoms. The Morgan fingerprint density at radius 3 is 2.63 bits per heavy atom. The number of benzene rings is 2. The maximum atomic E-state index is 13.7. The summed E-state index contributed by atoms with van der Waals surface area (Å²) in [5.41, 5.74) is 4.91. The van der Waals surface area contributed by atoms with Gasteiger partial charge in [-0.3, -0.25) is 0 Å². The highest BCUT2D eigenvalue weighted by Crippen LogP contribution is 2.30. The molecule has 0 spiro atoms. The van der Waals surface area contributed by atoms with Crippen molar-refractivity contribution in [2.45, 2.75) is 12.5 Å². The number of nitrogens with one attached hydrogen (secondary N) is 1. The van der Waals surface area contributed by atoms with Crippen LogP contribution in [-0.2, 0) is 0 Å². The third kappa shape index (κ3) is 2.17. The SMILES string of the molecule is Oc1ccccc1C1CC(c2ccccc2F)=NN1. The van der Waals surface area contributed by atoms with Gasteiger partial charge in [-0.2, -0.15) is 5.10 Å². The Kier molecular flexibility index (Phi) is 2.91. The third-order valence-electron chi connectivity index (χ3n) is 3.25. The van der Waals surface area contributed by atoms with E-state index in [0.29, 0.717) is 17.7 Å². The Labute approximate surface area is 110 Å². The van der Waals surface area contributed by atoms with Gasteiger partial charge in [0.2, 0.25) is 0 Å². The Bertz CT molecular complexity index is 640. The summed E-state index contributed by atoms with van der Waals surface area (Å²) in [5.74, 6) is -0.0500. The molecule has 1 aliphatic heterocycles. The van der Waals surface area contributed by atoms with E-state index >= 15 is 0 Å². The van der Waals surface area contributed by atoms with E-state index in [1.54, 1.807) is 30.3 Å². The highest BCUT2D eigenvalue weighted by Gasteiger charge is 2.24. The van der Waals surface area contributed by atoms with Gasteiger partial charge in [-0.25, -0.2) is 4.39 Å². The van der Waals surface area contributed by atoms with Crippen molar-refractivity contribution in [3.8, 4) is 5.75 Å². The van der Waals surface area contributed by atoms with Crippen LogP contribution in [0, 0.1) is 5.82 Å². The molecule has 0 aromatic heterocycles. The van der Waals surface area contributed by atoms with Crippen LogP contribution in [0.4, 0.5) is 4.39 Å². The summed E-state index contributed by atoms with van der Waals surface area (Å²) in [6.07, 6.45) is 0.554. The minimum Gasteiger partial charge on any atom is -0.508 e. The molecular formula is C15H13FN2O. The fourth-order valence-corrected chi connectivity index (χ4v) is 2.27. The molecule has 19 heavy (non-hydrogen) atoms. The van der Waals surface area contributed by atoms with Crippen LogP contribution in [0.3, 0.4) is 0 Å². The number of phenolic OH excluding ortho intramolecular Hbond substituents is 1. The van der Waals surface area contributed by atoms with Crippen molar-refractivity contribution >= 4 is 5.71 Å². The lowest BCUT2D eigenvalue weighted by Crippen LogP contribution is -2.10. The normalized spacial score (nSPS) is 17.9. The molecule has 3 nitrogen and oxygen atoms in total. The van der Waals surface area contributed by atoms with Crippen LogP contribution in [0.25, 0.3) is 0 Å². The summed E-state index contributed by atoms with van der Waals surface area (Å²) in [5, 5.41) is 14.0. The number of rotatable bonds is 2. The first kappa shape index (κ1) is 11.7. The first-order chi connectivity index (χ1) is 9.25. The average Bonchev–Trinajstić information content (AvgIpc) is 2.89. The second-order valence-electron chi connectivity index (χ2n) is 4.48. The number of hydrazone groups is 1. The minimum atomic E-state index is -0.277. The molecular weight excluding hydrogens is 243 g/mol. The van der Waals surface area contributed by atoms with Gasteiger partial charge in [-0.15, -0.1) is 0 Å². The van der Waals surface area contributed by atoms with E-state index in [4.69, 9.17) is 0 Å². The highest BCUT2D eigenvalue weighted by molar-refractivity contribution is 6.02. The van der Waals surface area contributed by atoms with Crippen molar-refractivity contribution < 1.29 is 9.50 Å². The molecule has 3 rings (SSSR count). The zero-order chi connectivity index (χ0) is 13.2. The smallest absolute Gasteiger partial charge is 0.132 e. The van der Waals surface area contributed by atoms with Crippen LogP contribution in [0.15, 0.2) is 53.6 Å². The Morgan fingerprint density at radius 2 is 1.84 bits per heavy atom. The molecule has 0 saturated carbocycles. The predicted octanol–water partition coefficient (Wildman–Crippen LogP) is 2.97. The fourth-order valence-electron chi connectivity index (χ4n) is 2.27. The maximum Gasteiger partial charge on any atom is 0.132 e. The fraction of sp³-hybridized carbons (Fsp3) is 0.133. The molecule has 1 unspecified atom stereocenters. The number of aromatic hydroxyl groups is 1. The average molecular weight is 256 g/mol. The van der Waals surface area contributed by atoms with E-state index in [1.807, 2.05) is 12.1 Å². The van der Waals surface area contributed by atoms with E-state index in [1.165, 1.54) is 6.07 Å². The van der Waals surface area contributed by atoms with Crippen molar-refractivity contribution in [2.75, 3.05) is 0 Å². The zero-order valence-electron chi connectivity index (χ0n) is 10.2. The molecule has 0 fully saturated rings. The minimum absolute atomic E-state index is 0.115. The van der Waals surface area contributed by atoms with Crippen LogP contribution in [-0.4, -0.2) is 10.8 Å². The molecule has 1 aliphatic rings. The number of para-hydroxylation sites is 1. The molecule has 2 N–H and O–H groups in total. The lowest BCUT2D eigenvalue weighted by molar-refractivity contribution is 0.455. The van der Waals surface area contributed by atoms with E-state index in [0.717, 1.165) is 5.56 Å². The van der Waals surface area contributed by atoms with Crippen molar-refractivity contribution in [1.82, 2.24) is 5.43 Å². The predicted molar refractivity (Wildman–Crippen MR) is 71.5 cm³/mol. The topological polar surface area (TPSA) is 44.6 Å². The Balaban J connectivity index is 1.85. The molecule has 2 aromatic carbocycles. The van der Waals surface area contributed by atoms with Crippen molar-refractivity contribution in [3.63, 3.8) is 0 Å². The molecule has 0 aliphatic carbocycles. The van der Waals surface area contributed by atoms with Gasteiger partial charge in [0.15, 0.2) is 0 Å². The second kappa shape index (κ2) is 4.72. The molecule has 1 heterocycles. The summed E-state index contributed by atoms with van der Waals surface area (Å²) < 4.78 is 13.7. The summed E-state index contributed by atoms with van der Waals surface area (Å²) in [6.45, 7) is 0. The maximum absolute atomic E-state index is 13.7. The number of nitrogens with zero attached hydrogens (tertiary/aromatic N) is 1. The molecule has 96 valence electrons. The van der Waals surface area contributed by atoms with E-state index in [-0.39, 0.29) is 17.6 Å². The van der Waals surface area contributed by atoms with Gasteiger partial charge in [-0.05, 0) is 12.1 Å². The monoisotopic (exact) mass is 256 g/mol. The standard InChI is InChI=1S/C15H13FN2O/c16-12-7-3-1-5-10(12)13-9-14(18-17-13)11-6-2-4-8-15(11)19/h1-8,14,18-19H,9H2. The zero-order valence-corrected chi connectivity index (χ0v) is 10.2. The largest absolute Gasteiger partial charge is 0.508 e. The number of hydrogen-bond donors (Lipinski definition) is 2. The van der Waals surface area contributed by atoms with Gasteiger partial charge in [0.1, 0.15) is 11.6 Å². The Morgan fingerprint density at radius 1 is 1.11 bits per heavy atom. The van der Waals surface area contributed by atoms with Crippen molar-refractivity contribution in [2.24, 2.45) is 5.10 Å². The van der Waals surface area contributed by atoms with Crippen molar-refractivity contribution in [3.05, 3.63) is 65.5 Å². The summed E-state index contributed by atoms with van der Waals surface area (Å²) >= 11 is 0. The quantitative estimate of drug-likeness (QED) is 0.867. The lowest BCUT2D eigenvalue weighted by atomic mass is 9.98. The van der Waals surface area contributed by atoms with Gasteiger partial charge in [-0.1, -0.05) is 36.4 Å². The molecule has 1 atom stereocenters. The third-order valence-corrected chi connectivity index (χ3v) is 3.25. The van der Waals surface area contributed by atoms with Crippen LogP contribution >= 0.6 is 0 Å². The number of phenols is 1. The highest BCUT2D eigenvalue weighted by atomic mass is 19.1. The van der Waals surface area contributed by atoms with E-state index in [9.17, 15) is 9.50 Å². The van der Waals surface area contributed by atoms with Gasteiger partial charge in [0.25, 0.3) is 0 Å². The van der Waals surface area contributed by atoms with Crippen LogP contribution in [0.5, 0.6) is 5.75 Å². The van der Waals surface area contributed by atoms with Gasteiger partial charge in [0.05, 0.1) is 11.8 Å². The van der Waals surface area contributed by atoms with Crippen LogP contribution in [0.2, 0.25) is 0 Å². The number of halogens is 1. The van der Waals surface area contributed by atoms with Gasteiger partial charge >= 0.3 is 0 Å². The van der Waals surface area contributed by atoms with Crippen LogP contribution < -0.4 is 5.43 Å². The van der Waals surface area contributed by atoms with E-state index in [2.05, 4.69) is 10.5 Å². The first-order valence-electron chi connectivity index (χ1n) is 6.10. The molecule has 2 aromatic rings. The summed E-state index contributed by atoms with van der Waals surface area (Å²) in [7, 11) is 0. The molecule has 4 heteroatoms. The Hall–Kier alpha value is -2.36. The molecule has 0 saturated heterocycles. The molecule has 0 amide bonds. The second-order valence-corrected chi connectivity index (χ2v) is 4.48. The van der Waals surface area contributed by atoms with E-state index < -0.39 is 0 Å².